The third-order valence-corrected chi connectivity index (χ3v) is 6.58. The highest BCUT2D eigenvalue weighted by Crippen LogP contribution is 2.37. The van der Waals surface area contributed by atoms with Gasteiger partial charge in [-0.15, -0.1) is 11.3 Å². The second kappa shape index (κ2) is 12.4. The summed E-state index contributed by atoms with van der Waals surface area (Å²) in [7, 11) is 3.27. The summed E-state index contributed by atoms with van der Waals surface area (Å²) < 4.78 is 27.5. The number of ether oxygens (including phenoxy) is 5. The summed E-state index contributed by atoms with van der Waals surface area (Å²) in [5, 5.41) is 0. The molecular formula is C27H32O6S. The first-order chi connectivity index (χ1) is 16.5. The largest absolute Gasteiger partial charge is 0.493 e. The zero-order valence-electron chi connectivity index (χ0n) is 20.4. The number of carbonyl (C=O) groups is 1. The summed E-state index contributed by atoms with van der Waals surface area (Å²) in [6.45, 7) is 7.02. The highest BCUT2D eigenvalue weighted by molar-refractivity contribution is 7.15. The van der Waals surface area contributed by atoms with E-state index >= 15 is 0 Å². The fourth-order valence-corrected chi connectivity index (χ4v) is 4.61. The molecular weight excluding hydrogens is 452 g/mol. The van der Waals surface area contributed by atoms with Crippen LogP contribution in [0.15, 0.2) is 48.5 Å². The third kappa shape index (κ3) is 6.52. The van der Waals surface area contributed by atoms with Gasteiger partial charge in [0, 0.05) is 22.8 Å². The van der Waals surface area contributed by atoms with Crippen molar-refractivity contribution in [3.05, 3.63) is 64.5 Å². The molecule has 1 aromatic heterocycles. The zero-order valence-corrected chi connectivity index (χ0v) is 21.2. The highest BCUT2D eigenvalue weighted by Gasteiger charge is 2.20. The van der Waals surface area contributed by atoms with Crippen LogP contribution >= 0.6 is 11.3 Å². The number of thiophene rings is 1. The van der Waals surface area contributed by atoms with Gasteiger partial charge in [0.25, 0.3) is 0 Å². The van der Waals surface area contributed by atoms with E-state index in [1.165, 1.54) is 5.56 Å². The zero-order chi connectivity index (χ0) is 24.5. The molecule has 0 aliphatic rings. The number of benzene rings is 2. The first-order valence-electron chi connectivity index (χ1n) is 11.3. The Balaban J connectivity index is 1.64. The van der Waals surface area contributed by atoms with Gasteiger partial charge in [-0.2, -0.15) is 0 Å². The lowest BCUT2D eigenvalue weighted by molar-refractivity contribution is -0.156. The van der Waals surface area contributed by atoms with Gasteiger partial charge in [0.1, 0.15) is 12.4 Å². The lowest BCUT2D eigenvalue weighted by Crippen LogP contribution is -2.28. The maximum absolute atomic E-state index is 12.1. The average Bonchev–Trinajstić information content (AvgIpc) is 3.23. The van der Waals surface area contributed by atoms with Crippen LogP contribution in [0.5, 0.6) is 17.2 Å². The molecule has 0 spiro atoms. The van der Waals surface area contributed by atoms with Gasteiger partial charge in [-0.1, -0.05) is 12.1 Å². The lowest BCUT2D eigenvalue weighted by Gasteiger charge is -2.15. The molecule has 0 saturated carbocycles. The third-order valence-electron chi connectivity index (χ3n) is 5.32. The van der Waals surface area contributed by atoms with Crippen LogP contribution in [-0.2, 0) is 27.3 Å². The molecule has 3 rings (SSSR count). The maximum Gasteiger partial charge on any atom is 0.335 e. The van der Waals surface area contributed by atoms with Gasteiger partial charge >= 0.3 is 5.97 Å². The number of hydrogen-bond donors (Lipinski definition) is 0. The molecule has 0 saturated heterocycles. The van der Waals surface area contributed by atoms with Gasteiger partial charge in [-0.3, -0.25) is 0 Å². The SMILES string of the molecule is CCOC(=O)[C@H](Cc1ccc(OCc2sc(-c3ccc(OC)c(OC)c3)cc2C)cc1)OCC. The summed E-state index contributed by atoms with van der Waals surface area (Å²) in [5.74, 6) is 1.86. The minimum absolute atomic E-state index is 0.330. The predicted molar refractivity (Wildman–Crippen MR) is 134 cm³/mol. The van der Waals surface area contributed by atoms with Gasteiger partial charge < -0.3 is 23.7 Å². The van der Waals surface area contributed by atoms with Gasteiger partial charge in [0.05, 0.1) is 20.8 Å². The van der Waals surface area contributed by atoms with Crippen molar-refractivity contribution < 1.29 is 28.5 Å². The molecule has 1 heterocycles. The number of carbonyl (C=O) groups excluding carboxylic acids is 1. The van der Waals surface area contributed by atoms with Crippen molar-refractivity contribution in [1.29, 1.82) is 0 Å². The molecule has 0 aliphatic heterocycles. The Hall–Kier alpha value is -3.03. The van der Waals surface area contributed by atoms with E-state index in [0.29, 0.717) is 37.7 Å². The van der Waals surface area contributed by atoms with Crippen molar-refractivity contribution >= 4 is 17.3 Å². The molecule has 34 heavy (non-hydrogen) atoms. The highest BCUT2D eigenvalue weighted by atomic mass is 32.1. The number of aryl methyl sites for hydroxylation is 1. The minimum atomic E-state index is -0.597. The second-order valence-corrected chi connectivity index (χ2v) is 8.76. The number of methoxy groups -OCH3 is 2. The van der Waals surface area contributed by atoms with Gasteiger partial charge in [-0.25, -0.2) is 4.79 Å². The van der Waals surface area contributed by atoms with Crippen molar-refractivity contribution in [3.63, 3.8) is 0 Å². The van der Waals surface area contributed by atoms with E-state index in [2.05, 4.69) is 13.0 Å². The number of hydrogen-bond acceptors (Lipinski definition) is 7. The Kier molecular flexibility index (Phi) is 9.36. The molecule has 0 radical (unpaired) electrons. The molecule has 0 unspecified atom stereocenters. The van der Waals surface area contributed by atoms with E-state index < -0.39 is 6.10 Å². The summed E-state index contributed by atoms with van der Waals surface area (Å²) in [6.07, 6.45) is -0.133. The molecule has 0 N–H and O–H groups in total. The van der Waals surface area contributed by atoms with Crippen LogP contribution in [0.25, 0.3) is 10.4 Å². The minimum Gasteiger partial charge on any atom is -0.493 e. The Labute approximate surface area is 205 Å². The fourth-order valence-electron chi connectivity index (χ4n) is 3.53. The van der Waals surface area contributed by atoms with Crippen molar-refractivity contribution in [1.82, 2.24) is 0 Å². The maximum atomic E-state index is 12.1. The van der Waals surface area contributed by atoms with E-state index in [4.69, 9.17) is 23.7 Å². The van der Waals surface area contributed by atoms with E-state index in [-0.39, 0.29) is 5.97 Å². The van der Waals surface area contributed by atoms with Gasteiger partial charge in [-0.05, 0) is 73.9 Å². The molecule has 7 heteroatoms. The topological polar surface area (TPSA) is 63.2 Å². The van der Waals surface area contributed by atoms with Crippen LogP contribution in [0.3, 0.4) is 0 Å². The van der Waals surface area contributed by atoms with E-state index in [9.17, 15) is 4.79 Å². The molecule has 1 atom stereocenters. The molecule has 0 aliphatic carbocycles. The monoisotopic (exact) mass is 484 g/mol. The quantitative estimate of drug-likeness (QED) is 0.301. The Morgan fingerprint density at radius 1 is 0.941 bits per heavy atom. The van der Waals surface area contributed by atoms with Gasteiger partial charge in [0.2, 0.25) is 0 Å². The normalized spacial score (nSPS) is 11.7. The predicted octanol–water partition coefficient (Wildman–Crippen LogP) is 5.83. The van der Waals surface area contributed by atoms with Crippen LogP contribution in [0.2, 0.25) is 0 Å². The smallest absolute Gasteiger partial charge is 0.335 e. The molecule has 0 bridgehead atoms. The molecule has 182 valence electrons. The summed E-state index contributed by atoms with van der Waals surface area (Å²) >= 11 is 1.70. The standard InChI is InChI=1S/C27H32O6S/c1-6-31-24(27(28)32-7-2)15-19-8-11-21(12-9-19)33-17-26-18(3)14-25(34-26)20-10-13-22(29-4)23(16-20)30-5/h8-14,16,24H,6-7,15,17H2,1-5H3/t24-/m0/s1. The Morgan fingerprint density at radius 3 is 2.32 bits per heavy atom. The first kappa shape index (κ1) is 25.6. The van der Waals surface area contributed by atoms with Crippen molar-refractivity contribution in [2.24, 2.45) is 0 Å². The number of esters is 1. The second-order valence-electron chi connectivity index (χ2n) is 7.62. The molecule has 2 aromatic carbocycles. The Bertz CT molecular complexity index is 1070. The average molecular weight is 485 g/mol. The Morgan fingerprint density at radius 2 is 1.68 bits per heavy atom. The molecule has 0 fully saturated rings. The molecule has 0 amide bonds. The molecule has 6 nitrogen and oxygen atoms in total. The number of rotatable bonds is 12. The van der Waals surface area contributed by atoms with E-state index in [0.717, 1.165) is 26.6 Å². The van der Waals surface area contributed by atoms with Crippen molar-refractivity contribution in [2.75, 3.05) is 27.4 Å². The first-order valence-corrected chi connectivity index (χ1v) is 12.1. The summed E-state index contributed by atoms with van der Waals surface area (Å²) in [5.41, 5.74) is 3.24. The van der Waals surface area contributed by atoms with Crippen molar-refractivity contribution in [3.8, 4) is 27.7 Å². The van der Waals surface area contributed by atoms with Gasteiger partial charge in [0.15, 0.2) is 17.6 Å². The van der Waals surface area contributed by atoms with Crippen molar-refractivity contribution in [2.45, 2.75) is 39.9 Å². The van der Waals surface area contributed by atoms with Crippen LogP contribution < -0.4 is 14.2 Å². The van der Waals surface area contributed by atoms with E-state index in [1.807, 2.05) is 49.4 Å². The molecule has 3 aromatic rings. The van der Waals surface area contributed by atoms with Crippen LogP contribution in [0, 0.1) is 6.92 Å². The summed E-state index contributed by atoms with van der Waals surface area (Å²) in [6, 6.07) is 15.8. The summed E-state index contributed by atoms with van der Waals surface area (Å²) in [4.78, 5) is 14.4. The lowest BCUT2D eigenvalue weighted by atomic mass is 10.1. The van der Waals surface area contributed by atoms with Crippen LogP contribution in [0.1, 0.15) is 29.9 Å². The van der Waals surface area contributed by atoms with Crippen LogP contribution in [-0.4, -0.2) is 39.5 Å². The van der Waals surface area contributed by atoms with E-state index in [1.54, 1.807) is 32.5 Å². The fraction of sp³-hybridized carbons (Fsp3) is 0.370. The van der Waals surface area contributed by atoms with Crippen LogP contribution in [0.4, 0.5) is 0 Å².